The minimum atomic E-state index is -4.02. The molecule has 0 amide bonds. The van der Waals surface area contributed by atoms with Crippen LogP contribution in [0.15, 0.2) is 35.2 Å². The molecule has 2 aromatic rings. The van der Waals surface area contributed by atoms with E-state index in [9.17, 15) is 13.2 Å². The Balaban J connectivity index is 2.03. The lowest BCUT2D eigenvalue weighted by Gasteiger charge is -2.16. The Labute approximate surface area is 158 Å². The molecule has 27 heavy (non-hydrogen) atoms. The molecule has 8 heteroatoms. The van der Waals surface area contributed by atoms with Gasteiger partial charge in [0.1, 0.15) is 17.6 Å². The average Bonchev–Trinajstić information content (AvgIpc) is 2.94. The first-order valence-corrected chi connectivity index (χ1v) is 10.0. The van der Waals surface area contributed by atoms with E-state index in [0.29, 0.717) is 23.7 Å². The summed E-state index contributed by atoms with van der Waals surface area (Å²) in [4.78, 5) is 11.1. The van der Waals surface area contributed by atoms with Crippen LogP contribution in [0.25, 0.3) is 0 Å². The van der Waals surface area contributed by atoms with Crippen molar-refractivity contribution in [1.29, 1.82) is 0 Å². The maximum atomic E-state index is 12.9. The number of ether oxygens (including phenoxy) is 2. The van der Waals surface area contributed by atoms with Gasteiger partial charge in [-0.15, -0.1) is 0 Å². The first-order chi connectivity index (χ1) is 12.7. The van der Waals surface area contributed by atoms with E-state index in [-0.39, 0.29) is 22.3 Å². The normalized spacial score (nSPS) is 15.7. The molecule has 0 unspecified atom stereocenters. The number of carbonyl (C=O) groups is 1. The Morgan fingerprint density at radius 2 is 2.07 bits per heavy atom. The molecule has 0 saturated heterocycles. The lowest BCUT2D eigenvalue weighted by molar-refractivity contribution is 0.0696. The van der Waals surface area contributed by atoms with Crippen molar-refractivity contribution in [3.63, 3.8) is 0 Å². The summed E-state index contributed by atoms with van der Waals surface area (Å²) < 4.78 is 39.7. The van der Waals surface area contributed by atoms with Crippen molar-refractivity contribution in [2.75, 3.05) is 11.3 Å². The van der Waals surface area contributed by atoms with Crippen molar-refractivity contribution in [3.8, 4) is 11.5 Å². The summed E-state index contributed by atoms with van der Waals surface area (Å²) in [5.41, 5.74) is 1.55. The second-order valence-electron chi connectivity index (χ2n) is 6.41. The fourth-order valence-electron chi connectivity index (χ4n) is 3.02. The van der Waals surface area contributed by atoms with Crippen LogP contribution < -0.4 is 14.2 Å². The van der Waals surface area contributed by atoms with Crippen molar-refractivity contribution in [3.05, 3.63) is 47.0 Å². The van der Waals surface area contributed by atoms with Crippen LogP contribution in [-0.2, 0) is 16.4 Å². The fraction of sp³-hybridized carbons (Fsp3) is 0.316. The molecule has 0 bridgehead atoms. The Morgan fingerprint density at radius 1 is 1.33 bits per heavy atom. The van der Waals surface area contributed by atoms with E-state index in [1.54, 1.807) is 19.1 Å². The van der Waals surface area contributed by atoms with Gasteiger partial charge in [-0.3, -0.25) is 4.72 Å². The monoisotopic (exact) mass is 391 g/mol. The zero-order valence-corrected chi connectivity index (χ0v) is 16.1. The molecule has 0 fully saturated rings. The van der Waals surface area contributed by atoms with Gasteiger partial charge in [0.15, 0.2) is 0 Å². The van der Waals surface area contributed by atoms with Crippen molar-refractivity contribution in [1.82, 2.24) is 0 Å². The molecule has 1 aliphatic rings. The molecule has 1 atom stereocenters. The van der Waals surface area contributed by atoms with Gasteiger partial charge < -0.3 is 14.6 Å². The maximum Gasteiger partial charge on any atom is 0.335 e. The predicted molar refractivity (Wildman–Crippen MR) is 100 cm³/mol. The van der Waals surface area contributed by atoms with E-state index in [1.807, 2.05) is 13.8 Å². The van der Waals surface area contributed by atoms with E-state index in [4.69, 9.17) is 14.6 Å². The van der Waals surface area contributed by atoms with Gasteiger partial charge in [0.05, 0.1) is 22.8 Å². The van der Waals surface area contributed by atoms with E-state index in [0.717, 1.165) is 18.1 Å². The topological polar surface area (TPSA) is 102 Å². The van der Waals surface area contributed by atoms with Crippen LogP contribution in [0.4, 0.5) is 5.69 Å². The third-order valence-corrected chi connectivity index (χ3v) is 5.77. The van der Waals surface area contributed by atoms with Gasteiger partial charge in [0, 0.05) is 18.1 Å². The number of rotatable bonds is 6. The van der Waals surface area contributed by atoms with Gasteiger partial charge >= 0.3 is 5.97 Å². The van der Waals surface area contributed by atoms with Gasteiger partial charge in [-0.2, -0.15) is 0 Å². The first-order valence-electron chi connectivity index (χ1n) is 8.54. The number of benzene rings is 2. The number of carboxylic acid groups (broad SMARTS) is 1. The molecule has 2 N–H and O–H groups in total. The standard InChI is InChI=1S/C19H21NO6S/c1-4-25-17-8-14-7-12(3)26-16(14)10-15(17)20-27(23,24)18-9-13(19(21)22)6-5-11(18)2/h5-6,8-10,12,20H,4,7H2,1-3H3,(H,21,22)/t12-/m0/s1. The van der Waals surface area contributed by atoms with E-state index in [2.05, 4.69) is 4.72 Å². The van der Waals surface area contributed by atoms with Crippen molar-refractivity contribution < 1.29 is 27.8 Å². The number of hydrogen-bond donors (Lipinski definition) is 2. The Bertz CT molecular complexity index is 999. The average molecular weight is 391 g/mol. The Morgan fingerprint density at radius 3 is 2.74 bits per heavy atom. The van der Waals surface area contributed by atoms with Crippen LogP contribution >= 0.6 is 0 Å². The minimum Gasteiger partial charge on any atom is -0.492 e. The molecule has 1 heterocycles. The maximum absolute atomic E-state index is 12.9. The smallest absolute Gasteiger partial charge is 0.335 e. The molecule has 0 spiro atoms. The number of carboxylic acids is 1. The first kappa shape index (κ1) is 19.0. The number of hydrogen-bond acceptors (Lipinski definition) is 5. The molecule has 1 aliphatic heterocycles. The summed E-state index contributed by atoms with van der Waals surface area (Å²) in [5, 5.41) is 9.15. The lowest BCUT2D eigenvalue weighted by atomic mass is 10.1. The second-order valence-corrected chi connectivity index (χ2v) is 8.06. The van der Waals surface area contributed by atoms with Crippen molar-refractivity contribution in [2.45, 2.75) is 38.2 Å². The molecule has 0 saturated carbocycles. The molecular formula is C19H21NO6S. The molecule has 7 nitrogen and oxygen atoms in total. The number of aryl methyl sites for hydroxylation is 1. The highest BCUT2D eigenvalue weighted by atomic mass is 32.2. The number of nitrogens with one attached hydrogen (secondary N) is 1. The highest BCUT2D eigenvalue weighted by Gasteiger charge is 2.25. The molecule has 0 radical (unpaired) electrons. The van der Waals surface area contributed by atoms with Crippen LogP contribution in [0.1, 0.15) is 35.3 Å². The Kier molecular flexibility index (Phi) is 5.01. The van der Waals surface area contributed by atoms with E-state index in [1.165, 1.54) is 12.1 Å². The molecular weight excluding hydrogens is 370 g/mol. The summed E-state index contributed by atoms with van der Waals surface area (Å²) in [5.74, 6) is -0.175. The minimum absolute atomic E-state index is 0.0100. The van der Waals surface area contributed by atoms with E-state index < -0.39 is 16.0 Å². The van der Waals surface area contributed by atoms with Crippen LogP contribution in [0.5, 0.6) is 11.5 Å². The van der Waals surface area contributed by atoms with Crippen molar-refractivity contribution in [2.24, 2.45) is 0 Å². The molecule has 144 valence electrons. The Hall–Kier alpha value is -2.74. The van der Waals surface area contributed by atoms with Gasteiger partial charge in [-0.1, -0.05) is 6.07 Å². The van der Waals surface area contributed by atoms with Crippen LogP contribution in [-0.4, -0.2) is 32.2 Å². The van der Waals surface area contributed by atoms with Crippen LogP contribution in [0, 0.1) is 6.92 Å². The van der Waals surface area contributed by atoms with Gasteiger partial charge in [-0.05, 0) is 44.5 Å². The number of fused-ring (bicyclic) bond motifs is 1. The van der Waals surface area contributed by atoms with Gasteiger partial charge in [0.25, 0.3) is 10.0 Å². The number of sulfonamides is 1. The zero-order chi connectivity index (χ0) is 19.8. The second kappa shape index (κ2) is 7.11. The van der Waals surface area contributed by atoms with Crippen molar-refractivity contribution >= 4 is 21.7 Å². The third-order valence-electron chi connectivity index (χ3n) is 4.27. The SMILES string of the molecule is CCOc1cc2c(cc1NS(=O)(=O)c1cc(C(=O)O)ccc1C)O[C@@H](C)C2. The lowest BCUT2D eigenvalue weighted by Crippen LogP contribution is -2.16. The highest BCUT2D eigenvalue weighted by molar-refractivity contribution is 7.92. The number of aromatic carboxylic acids is 1. The quantitative estimate of drug-likeness (QED) is 0.784. The molecule has 3 rings (SSSR count). The number of anilines is 1. The summed E-state index contributed by atoms with van der Waals surface area (Å²) >= 11 is 0. The summed E-state index contributed by atoms with van der Waals surface area (Å²) in [6.07, 6.45) is 0.734. The zero-order valence-electron chi connectivity index (χ0n) is 15.3. The van der Waals surface area contributed by atoms with Gasteiger partial charge in [0.2, 0.25) is 0 Å². The molecule has 0 aliphatic carbocycles. The molecule has 2 aromatic carbocycles. The summed E-state index contributed by atoms with van der Waals surface area (Å²) in [6, 6.07) is 7.37. The summed E-state index contributed by atoms with van der Waals surface area (Å²) in [7, 11) is -4.02. The predicted octanol–water partition coefficient (Wildman–Crippen LogP) is 3.22. The van der Waals surface area contributed by atoms with Gasteiger partial charge in [-0.25, -0.2) is 13.2 Å². The highest BCUT2D eigenvalue weighted by Crippen LogP contribution is 2.39. The largest absolute Gasteiger partial charge is 0.492 e. The fourth-order valence-corrected chi connectivity index (χ4v) is 4.35. The molecule has 0 aromatic heterocycles. The van der Waals surface area contributed by atoms with Crippen LogP contribution in [0.3, 0.4) is 0 Å². The van der Waals surface area contributed by atoms with Crippen LogP contribution in [0.2, 0.25) is 0 Å². The van der Waals surface area contributed by atoms with E-state index >= 15 is 0 Å². The summed E-state index contributed by atoms with van der Waals surface area (Å²) in [6.45, 7) is 5.73. The third kappa shape index (κ3) is 3.85.